The molecule has 0 bridgehead atoms. The Bertz CT molecular complexity index is 121. The van der Waals surface area contributed by atoms with Crippen molar-refractivity contribution in [2.75, 3.05) is 14.1 Å². The van der Waals surface area contributed by atoms with Crippen LogP contribution in [0.15, 0.2) is 0 Å². The summed E-state index contributed by atoms with van der Waals surface area (Å²) in [5, 5.41) is 0. The normalized spacial score (nSPS) is 12.7. The van der Waals surface area contributed by atoms with Gasteiger partial charge in [0.05, 0.1) is 0 Å². The molecule has 2 nitrogen and oxygen atoms in total. The molecule has 0 saturated heterocycles. The predicted octanol–water partition coefficient (Wildman–Crippen LogP) is 1.90. The van der Waals surface area contributed by atoms with E-state index in [1.807, 2.05) is 0 Å². The minimum Gasteiger partial charge on any atom is -0.349 e. The smallest absolute Gasteiger partial charge is 0.222 e. The molecule has 0 N–H and O–H groups in total. The highest BCUT2D eigenvalue weighted by Gasteiger charge is 2.05. The second-order valence-electron chi connectivity index (χ2n) is 3.34. The Kier molecular flexibility index (Phi) is 4.92. The van der Waals surface area contributed by atoms with Gasteiger partial charge in [-0.25, -0.2) is 0 Å². The van der Waals surface area contributed by atoms with Crippen LogP contribution in [-0.4, -0.2) is 24.9 Å². The van der Waals surface area contributed by atoms with Gasteiger partial charge in [-0.2, -0.15) is 0 Å². The Morgan fingerprint density at radius 2 is 2.00 bits per heavy atom. The SMILES string of the molecule is CC[C@H](C)CCC(=O)N(C)C. The van der Waals surface area contributed by atoms with Crippen molar-refractivity contribution < 1.29 is 4.79 Å². The molecule has 0 fully saturated rings. The van der Waals surface area contributed by atoms with Crippen LogP contribution >= 0.6 is 0 Å². The van der Waals surface area contributed by atoms with Crippen LogP contribution < -0.4 is 0 Å². The molecule has 0 rings (SSSR count). The summed E-state index contributed by atoms with van der Waals surface area (Å²) in [7, 11) is 3.61. The molecule has 0 heterocycles. The van der Waals surface area contributed by atoms with Crippen LogP contribution in [0.5, 0.6) is 0 Å². The van der Waals surface area contributed by atoms with Crippen LogP contribution in [0.3, 0.4) is 0 Å². The van der Waals surface area contributed by atoms with Crippen LogP contribution in [0.2, 0.25) is 0 Å². The third-order valence-electron chi connectivity index (χ3n) is 2.05. The molecule has 0 aliphatic heterocycles. The van der Waals surface area contributed by atoms with Crippen LogP contribution in [0.25, 0.3) is 0 Å². The zero-order valence-electron chi connectivity index (χ0n) is 8.05. The summed E-state index contributed by atoms with van der Waals surface area (Å²) in [6.07, 6.45) is 2.89. The van der Waals surface area contributed by atoms with Gasteiger partial charge in [0.2, 0.25) is 5.91 Å². The van der Waals surface area contributed by atoms with Gasteiger partial charge >= 0.3 is 0 Å². The zero-order chi connectivity index (χ0) is 8.85. The number of hydrogen-bond donors (Lipinski definition) is 0. The van der Waals surface area contributed by atoms with Crippen molar-refractivity contribution in [2.45, 2.75) is 33.1 Å². The topological polar surface area (TPSA) is 20.3 Å². The first-order valence-corrected chi connectivity index (χ1v) is 4.28. The van der Waals surface area contributed by atoms with E-state index >= 15 is 0 Å². The van der Waals surface area contributed by atoms with Crippen LogP contribution in [0.1, 0.15) is 33.1 Å². The lowest BCUT2D eigenvalue weighted by Gasteiger charge is -2.12. The van der Waals surface area contributed by atoms with Gasteiger partial charge in [-0.05, 0) is 12.3 Å². The Hall–Kier alpha value is -0.530. The van der Waals surface area contributed by atoms with E-state index in [4.69, 9.17) is 0 Å². The first kappa shape index (κ1) is 10.5. The van der Waals surface area contributed by atoms with E-state index in [-0.39, 0.29) is 5.91 Å². The van der Waals surface area contributed by atoms with Gasteiger partial charge in [-0.1, -0.05) is 20.3 Å². The lowest BCUT2D eigenvalue weighted by Crippen LogP contribution is -2.21. The monoisotopic (exact) mass is 157 g/mol. The van der Waals surface area contributed by atoms with Gasteiger partial charge in [0, 0.05) is 20.5 Å². The molecule has 0 aromatic heterocycles. The molecule has 0 saturated carbocycles. The molecular weight excluding hydrogens is 138 g/mol. The molecule has 0 spiro atoms. The van der Waals surface area contributed by atoms with E-state index in [2.05, 4.69) is 13.8 Å². The first-order chi connectivity index (χ1) is 5.07. The highest BCUT2D eigenvalue weighted by atomic mass is 16.2. The maximum absolute atomic E-state index is 11.1. The highest BCUT2D eigenvalue weighted by molar-refractivity contribution is 5.75. The number of rotatable bonds is 4. The minimum absolute atomic E-state index is 0.241. The number of amides is 1. The Morgan fingerprint density at radius 3 is 2.36 bits per heavy atom. The summed E-state index contributed by atoms with van der Waals surface area (Å²) in [5.74, 6) is 0.921. The first-order valence-electron chi connectivity index (χ1n) is 4.28. The Balaban J connectivity index is 3.46. The van der Waals surface area contributed by atoms with Gasteiger partial charge in [-0.3, -0.25) is 4.79 Å². The van der Waals surface area contributed by atoms with Crippen molar-refractivity contribution in [3.63, 3.8) is 0 Å². The second-order valence-corrected chi connectivity index (χ2v) is 3.34. The van der Waals surface area contributed by atoms with Gasteiger partial charge in [-0.15, -0.1) is 0 Å². The summed E-state index contributed by atoms with van der Waals surface area (Å²) >= 11 is 0. The van der Waals surface area contributed by atoms with E-state index in [0.29, 0.717) is 12.3 Å². The average molecular weight is 157 g/mol. The van der Waals surface area contributed by atoms with E-state index in [0.717, 1.165) is 6.42 Å². The molecule has 1 amide bonds. The maximum atomic E-state index is 11.1. The standard InChI is InChI=1S/C9H19NO/c1-5-8(2)6-7-9(11)10(3)4/h8H,5-7H2,1-4H3/t8-/m0/s1. The average Bonchev–Trinajstić information content (AvgIpc) is 1.99. The fourth-order valence-electron chi connectivity index (χ4n) is 0.798. The predicted molar refractivity (Wildman–Crippen MR) is 47.4 cm³/mol. The second kappa shape index (κ2) is 5.16. The molecule has 0 radical (unpaired) electrons. The van der Waals surface area contributed by atoms with Crippen molar-refractivity contribution in [3.05, 3.63) is 0 Å². The molecule has 0 unspecified atom stereocenters. The third-order valence-corrected chi connectivity index (χ3v) is 2.05. The molecule has 1 atom stereocenters. The molecule has 0 aliphatic carbocycles. The molecule has 66 valence electrons. The summed E-state index contributed by atoms with van der Waals surface area (Å²) in [6, 6.07) is 0. The molecule has 2 heteroatoms. The molecule has 0 aromatic carbocycles. The fraction of sp³-hybridized carbons (Fsp3) is 0.889. The van der Waals surface area contributed by atoms with Gasteiger partial charge in [0.25, 0.3) is 0 Å². The van der Waals surface area contributed by atoms with E-state index < -0.39 is 0 Å². The van der Waals surface area contributed by atoms with Crippen molar-refractivity contribution >= 4 is 5.91 Å². The molecular formula is C9H19NO. The van der Waals surface area contributed by atoms with Gasteiger partial charge in [0.1, 0.15) is 0 Å². The van der Waals surface area contributed by atoms with Gasteiger partial charge < -0.3 is 4.90 Å². The van der Waals surface area contributed by atoms with Crippen molar-refractivity contribution in [1.29, 1.82) is 0 Å². The number of carbonyl (C=O) groups excluding carboxylic acids is 1. The van der Waals surface area contributed by atoms with E-state index in [1.54, 1.807) is 19.0 Å². The third kappa shape index (κ3) is 4.82. The Morgan fingerprint density at radius 1 is 1.45 bits per heavy atom. The van der Waals surface area contributed by atoms with Gasteiger partial charge in [0.15, 0.2) is 0 Å². The van der Waals surface area contributed by atoms with E-state index in [1.165, 1.54) is 6.42 Å². The number of carbonyl (C=O) groups is 1. The molecule has 0 aromatic rings. The van der Waals surface area contributed by atoms with Crippen LogP contribution in [-0.2, 0) is 4.79 Å². The quantitative estimate of drug-likeness (QED) is 0.610. The lowest BCUT2D eigenvalue weighted by atomic mass is 10.0. The number of hydrogen-bond acceptors (Lipinski definition) is 1. The number of nitrogens with zero attached hydrogens (tertiary/aromatic N) is 1. The van der Waals surface area contributed by atoms with Crippen molar-refractivity contribution in [1.82, 2.24) is 4.90 Å². The summed E-state index contributed by atoms with van der Waals surface area (Å²) < 4.78 is 0. The molecule has 11 heavy (non-hydrogen) atoms. The van der Waals surface area contributed by atoms with E-state index in [9.17, 15) is 4.79 Å². The molecule has 0 aliphatic rings. The zero-order valence-corrected chi connectivity index (χ0v) is 8.05. The van der Waals surface area contributed by atoms with Crippen LogP contribution in [0, 0.1) is 5.92 Å². The minimum atomic E-state index is 0.241. The van der Waals surface area contributed by atoms with Crippen molar-refractivity contribution in [2.24, 2.45) is 5.92 Å². The lowest BCUT2D eigenvalue weighted by molar-refractivity contribution is -0.128. The summed E-state index contributed by atoms with van der Waals surface area (Å²) in [4.78, 5) is 12.7. The maximum Gasteiger partial charge on any atom is 0.222 e. The summed E-state index contributed by atoms with van der Waals surface area (Å²) in [6.45, 7) is 4.34. The van der Waals surface area contributed by atoms with Crippen LogP contribution in [0.4, 0.5) is 0 Å². The highest BCUT2D eigenvalue weighted by Crippen LogP contribution is 2.09. The fourth-order valence-corrected chi connectivity index (χ4v) is 0.798. The summed E-state index contributed by atoms with van der Waals surface area (Å²) in [5.41, 5.74) is 0. The Labute approximate surface area is 69.6 Å². The van der Waals surface area contributed by atoms with Crippen molar-refractivity contribution in [3.8, 4) is 0 Å². The largest absolute Gasteiger partial charge is 0.349 e.